The van der Waals surface area contributed by atoms with Gasteiger partial charge in [-0.15, -0.1) is 0 Å². The van der Waals surface area contributed by atoms with E-state index in [0.29, 0.717) is 6.04 Å². The Kier molecular flexibility index (Phi) is 3.48. The van der Waals surface area contributed by atoms with Crippen molar-refractivity contribution in [2.45, 2.75) is 31.8 Å². The van der Waals surface area contributed by atoms with Crippen LogP contribution in [0.25, 0.3) is 0 Å². The average molecular weight is 182 g/mol. The molecule has 0 aromatic heterocycles. The number of rotatable bonds is 2. The first-order valence-corrected chi connectivity index (χ1v) is 4.81. The summed E-state index contributed by atoms with van der Waals surface area (Å²) in [6.07, 6.45) is 3.63. The fourth-order valence-corrected chi connectivity index (χ4v) is 1.96. The Morgan fingerprint density at radius 2 is 2.38 bits per heavy atom. The Hall–Kier alpha value is -0.830. The molecule has 0 bridgehead atoms. The van der Waals surface area contributed by atoms with E-state index in [0.717, 1.165) is 19.4 Å². The molecule has 1 N–H and O–H groups in total. The fourth-order valence-electron chi connectivity index (χ4n) is 1.96. The monoisotopic (exact) mass is 182 g/mol. The number of hydrogen-bond acceptors (Lipinski definition) is 2. The predicted molar refractivity (Wildman–Crippen MR) is 53.5 cm³/mol. The van der Waals surface area contributed by atoms with Gasteiger partial charge < -0.3 is 10.2 Å². The summed E-state index contributed by atoms with van der Waals surface area (Å²) in [5.74, 6) is 0.0486. The predicted octanol–water partition coefficient (Wildman–Crippen LogP) is 0.771. The number of carbonyl (C=O) groups excluding carboxylic acids is 1. The van der Waals surface area contributed by atoms with Crippen LogP contribution in [0.5, 0.6) is 0 Å². The second-order valence-corrected chi connectivity index (χ2v) is 3.51. The summed E-state index contributed by atoms with van der Waals surface area (Å²) in [7, 11) is 1.95. The number of likely N-dealkylation sites (tertiary alicyclic amines) is 1. The number of nitrogens with one attached hydrogen (secondary N) is 1. The fraction of sp³-hybridized carbons (Fsp3) is 0.700. The van der Waals surface area contributed by atoms with Crippen molar-refractivity contribution in [2.75, 3.05) is 13.6 Å². The molecule has 1 aliphatic rings. The summed E-state index contributed by atoms with van der Waals surface area (Å²) in [5.41, 5.74) is 0. The maximum Gasteiger partial charge on any atom is 0.246 e. The topological polar surface area (TPSA) is 32.3 Å². The highest BCUT2D eigenvalue weighted by atomic mass is 16.2. The molecule has 3 nitrogen and oxygen atoms in total. The van der Waals surface area contributed by atoms with E-state index in [-0.39, 0.29) is 11.9 Å². The van der Waals surface area contributed by atoms with Crippen LogP contribution in [0.1, 0.15) is 19.8 Å². The third-order valence-corrected chi connectivity index (χ3v) is 2.82. The second-order valence-electron chi connectivity index (χ2n) is 3.51. The molecule has 1 aliphatic heterocycles. The highest BCUT2D eigenvalue weighted by Gasteiger charge is 2.28. The molecule has 0 aromatic rings. The minimum Gasteiger partial charge on any atom is -0.335 e. The maximum absolute atomic E-state index is 11.4. The Morgan fingerprint density at radius 3 is 2.92 bits per heavy atom. The largest absolute Gasteiger partial charge is 0.335 e. The van der Waals surface area contributed by atoms with Crippen LogP contribution in [0.3, 0.4) is 0 Å². The quantitative estimate of drug-likeness (QED) is 0.640. The van der Waals surface area contributed by atoms with Crippen molar-refractivity contribution < 1.29 is 4.79 Å². The first-order chi connectivity index (χ1) is 6.20. The minimum absolute atomic E-state index is 0.0486. The number of piperidine rings is 1. The molecule has 3 heteroatoms. The Balaban J connectivity index is 2.64. The van der Waals surface area contributed by atoms with Gasteiger partial charge in [0.05, 0.1) is 0 Å². The second kappa shape index (κ2) is 4.42. The van der Waals surface area contributed by atoms with Gasteiger partial charge in [-0.05, 0) is 32.9 Å². The van der Waals surface area contributed by atoms with Crippen molar-refractivity contribution in [1.29, 1.82) is 0 Å². The van der Waals surface area contributed by atoms with Gasteiger partial charge in [-0.1, -0.05) is 6.58 Å². The first-order valence-electron chi connectivity index (χ1n) is 4.81. The Morgan fingerprint density at radius 1 is 1.69 bits per heavy atom. The number of hydrogen-bond donors (Lipinski definition) is 1. The highest BCUT2D eigenvalue weighted by Crippen LogP contribution is 2.17. The molecule has 74 valence electrons. The van der Waals surface area contributed by atoms with Gasteiger partial charge in [0, 0.05) is 18.6 Å². The molecule has 2 atom stereocenters. The van der Waals surface area contributed by atoms with Gasteiger partial charge in [-0.25, -0.2) is 0 Å². The number of amides is 1. The van der Waals surface area contributed by atoms with Crippen LogP contribution in [-0.2, 0) is 4.79 Å². The first kappa shape index (κ1) is 10.3. The van der Waals surface area contributed by atoms with Gasteiger partial charge in [0.2, 0.25) is 5.91 Å². The van der Waals surface area contributed by atoms with E-state index in [9.17, 15) is 4.79 Å². The minimum atomic E-state index is 0.0486. The molecular formula is C10H18N2O. The maximum atomic E-state index is 11.4. The molecule has 1 rings (SSSR count). The van der Waals surface area contributed by atoms with Crippen LogP contribution in [-0.4, -0.2) is 36.5 Å². The molecule has 0 spiro atoms. The zero-order valence-electron chi connectivity index (χ0n) is 8.42. The highest BCUT2D eigenvalue weighted by molar-refractivity contribution is 5.87. The lowest BCUT2D eigenvalue weighted by molar-refractivity contribution is -0.129. The van der Waals surface area contributed by atoms with Gasteiger partial charge in [0.25, 0.3) is 0 Å². The van der Waals surface area contributed by atoms with Crippen LogP contribution < -0.4 is 5.32 Å². The van der Waals surface area contributed by atoms with Crippen LogP contribution in [0.4, 0.5) is 0 Å². The van der Waals surface area contributed by atoms with Crippen molar-refractivity contribution >= 4 is 5.91 Å². The molecule has 13 heavy (non-hydrogen) atoms. The lowest BCUT2D eigenvalue weighted by Gasteiger charge is -2.38. The lowest BCUT2D eigenvalue weighted by atomic mass is 9.97. The number of carbonyl (C=O) groups is 1. The van der Waals surface area contributed by atoms with Crippen LogP contribution >= 0.6 is 0 Å². The number of likely N-dealkylation sites (N-methyl/N-ethyl adjacent to an activating group) is 1. The molecule has 0 unspecified atom stereocenters. The molecular weight excluding hydrogens is 164 g/mol. The normalized spacial score (nSPS) is 28.6. The number of nitrogens with zero attached hydrogens (tertiary/aromatic N) is 1. The van der Waals surface area contributed by atoms with Crippen molar-refractivity contribution in [2.24, 2.45) is 0 Å². The Labute approximate surface area is 79.8 Å². The van der Waals surface area contributed by atoms with Crippen LogP contribution in [0.15, 0.2) is 12.7 Å². The lowest BCUT2D eigenvalue weighted by Crippen LogP contribution is -2.53. The zero-order valence-corrected chi connectivity index (χ0v) is 8.42. The molecule has 0 radical (unpaired) electrons. The summed E-state index contributed by atoms with van der Waals surface area (Å²) in [6, 6.07) is 0.710. The molecule has 0 saturated carbocycles. The van der Waals surface area contributed by atoms with E-state index in [1.807, 2.05) is 11.9 Å². The molecule has 1 heterocycles. The third-order valence-electron chi connectivity index (χ3n) is 2.82. The summed E-state index contributed by atoms with van der Waals surface area (Å²) >= 11 is 0. The summed E-state index contributed by atoms with van der Waals surface area (Å²) in [6.45, 7) is 6.46. The Bertz CT molecular complexity index is 203. The molecule has 1 fully saturated rings. The van der Waals surface area contributed by atoms with Crippen molar-refractivity contribution in [3.63, 3.8) is 0 Å². The van der Waals surface area contributed by atoms with Gasteiger partial charge >= 0.3 is 0 Å². The van der Waals surface area contributed by atoms with Gasteiger partial charge in [0.1, 0.15) is 0 Å². The van der Waals surface area contributed by atoms with Crippen molar-refractivity contribution in [3.8, 4) is 0 Å². The molecule has 1 amide bonds. The standard InChI is InChI=1S/C10H18N2O/c1-4-10(13)12-7-5-6-9(11-3)8(12)2/h4,8-9,11H,1,5-7H2,2-3H3/t8-,9-/m0/s1. The summed E-state index contributed by atoms with van der Waals surface area (Å²) in [4.78, 5) is 13.3. The average Bonchev–Trinajstić information content (AvgIpc) is 2.17. The third kappa shape index (κ3) is 2.10. The van der Waals surface area contributed by atoms with Crippen molar-refractivity contribution in [3.05, 3.63) is 12.7 Å². The van der Waals surface area contributed by atoms with E-state index >= 15 is 0 Å². The van der Waals surface area contributed by atoms with E-state index in [4.69, 9.17) is 0 Å². The SMILES string of the molecule is C=CC(=O)N1CCC[C@H](NC)[C@@H]1C. The molecule has 0 aliphatic carbocycles. The van der Waals surface area contributed by atoms with E-state index < -0.39 is 0 Å². The van der Waals surface area contributed by atoms with E-state index in [1.54, 1.807) is 0 Å². The van der Waals surface area contributed by atoms with Crippen molar-refractivity contribution in [1.82, 2.24) is 10.2 Å². The van der Waals surface area contributed by atoms with Gasteiger partial charge in [-0.3, -0.25) is 4.79 Å². The van der Waals surface area contributed by atoms with E-state index in [1.165, 1.54) is 6.08 Å². The molecule has 0 aromatic carbocycles. The summed E-state index contributed by atoms with van der Waals surface area (Å²) < 4.78 is 0. The van der Waals surface area contributed by atoms with Crippen LogP contribution in [0, 0.1) is 0 Å². The van der Waals surface area contributed by atoms with Gasteiger partial charge in [-0.2, -0.15) is 0 Å². The van der Waals surface area contributed by atoms with Crippen LogP contribution in [0.2, 0.25) is 0 Å². The smallest absolute Gasteiger partial charge is 0.246 e. The van der Waals surface area contributed by atoms with E-state index in [2.05, 4.69) is 18.8 Å². The summed E-state index contributed by atoms with van der Waals surface area (Å²) in [5, 5.41) is 3.23. The molecule has 1 saturated heterocycles. The van der Waals surface area contributed by atoms with Gasteiger partial charge in [0.15, 0.2) is 0 Å². The zero-order chi connectivity index (χ0) is 9.84.